The lowest BCUT2D eigenvalue weighted by molar-refractivity contribution is -0.897. The molecule has 2 aromatic carbocycles. The minimum atomic E-state index is -4.41. The Kier molecular flexibility index (Phi) is 6.90. The molecule has 4 rings (SSSR count). The number of para-hydroxylation sites is 2. The van der Waals surface area contributed by atoms with E-state index in [-0.39, 0.29) is 0 Å². The van der Waals surface area contributed by atoms with Crippen molar-refractivity contribution in [2.75, 3.05) is 45.2 Å². The van der Waals surface area contributed by atoms with E-state index in [1.807, 2.05) is 11.8 Å². The molecule has 0 radical (unpaired) electrons. The highest BCUT2D eigenvalue weighted by Crippen LogP contribution is 2.48. The minimum absolute atomic E-state index is 0.782. The molecule has 0 saturated carbocycles. The van der Waals surface area contributed by atoms with Crippen LogP contribution in [0.1, 0.15) is 13.3 Å². The lowest BCUT2D eigenvalue weighted by Crippen LogP contribution is -2.42. The maximum Gasteiger partial charge on any atom is 0.217 e. The summed E-state index contributed by atoms with van der Waals surface area (Å²) in [5.41, 5.74) is 2.77. The summed E-state index contributed by atoms with van der Waals surface area (Å²) in [6, 6.07) is 17.7. The Labute approximate surface area is 178 Å². The first-order valence-electron chi connectivity index (χ1n) is 9.73. The van der Waals surface area contributed by atoms with Crippen molar-refractivity contribution in [2.24, 2.45) is 5.92 Å². The number of hydrogen-bond donors (Lipinski definition) is 0. The standard InChI is InChI=1S/C20H25N2S.CH4O4S/c1-3-22(2)13-12-16(15-22)14-21-17-8-4-6-10-19(17)23-20-11-7-5-9-18(20)21;1-5-6(2,3)4/h4-11,16H,3,12-15H2,1-2H3;1H3,(H,2,3,4)/q+1;/p-1. The second kappa shape index (κ2) is 9.06. The van der Waals surface area contributed by atoms with E-state index in [1.165, 1.54) is 51.7 Å². The Bertz CT molecular complexity index is 906. The molecule has 0 spiro atoms. The van der Waals surface area contributed by atoms with Gasteiger partial charge in [0, 0.05) is 28.7 Å². The zero-order chi connectivity index (χ0) is 21.1. The van der Waals surface area contributed by atoms with Crippen molar-refractivity contribution in [3.63, 3.8) is 0 Å². The third-order valence-corrected chi connectivity index (χ3v) is 7.26. The quantitative estimate of drug-likeness (QED) is 0.412. The second-order valence-corrected chi connectivity index (χ2v) is 9.95. The lowest BCUT2D eigenvalue weighted by atomic mass is 10.1. The molecule has 2 aliphatic heterocycles. The number of anilines is 2. The van der Waals surface area contributed by atoms with E-state index >= 15 is 0 Å². The summed E-state index contributed by atoms with van der Waals surface area (Å²) in [6.07, 6.45) is 1.35. The molecule has 2 aromatic rings. The van der Waals surface area contributed by atoms with Gasteiger partial charge in [0.1, 0.15) is 0 Å². The van der Waals surface area contributed by atoms with Gasteiger partial charge in [-0.3, -0.25) is 4.18 Å². The fourth-order valence-corrected chi connectivity index (χ4v) is 5.07. The normalized spacial score (nSPS) is 23.0. The van der Waals surface area contributed by atoms with E-state index in [0.717, 1.165) is 19.6 Å². The molecule has 0 aromatic heterocycles. The maximum absolute atomic E-state index is 9.22. The molecule has 0 bridgehead atoms. The van der Waals surface area contributed by atoms with Crippen molar-refractivity contribution < 1.29 is 21.6 Å². The smallest absolute Gasteiger partial charge is 0.217 e. The lowest BCUT2D eigenvalue weighted by Gasteiger charge is -2.34. The van der Waals surface area contributed by atoms with Crippen LogP contribution in [0.15, 0.2) is 58.3 Å². The van der Waals surface area contributed by atoms with Gasteiger partial charge in [-0.2, -0.15) is 0 Å². The summed E-state index contributed by atoms with van der Waals surface area (Å²) < 4.78 is 32.3. The topological polar surface area (TPSA) is 69.7 Å². The van der Waals surface area contributed by atoms with Crippen LogP contribution in [0.2, 0.25) is 0 Å². The largest absolute Gasteiger partial charge is 0.726 e. The van der Waals surface area contributed by atoms with Crippen LogP contribution in [-0.4, -0.2) is 57.8 Å². The van der Waals surface area contributed by atoms with Gasteiger partial charge in [-0.1, -0.05) is 36.0 Å². The molecule has 2 atom stereocenters. The number of nitrogens with zero attached hydrogens (tertiary/aromatic N) is 2. The van der Waals surface area contributed by atoms with E-state index in [2.05, 4.69) is 71.6 Å². The third-order valence-electron chi connectivity index (χ3n) is 5.72. The van der Waals surface area contributed by atoms with Crippen LogP contribution in [-0.2, 0) is 14.6 Å². The van der Waals surface area contributed by atoms with E-state index in [1.54, 1.807) is 0 Å². The van der Waals surface area contributed by atoms with Gasteiger partial charge in [-0.25, -0.2) is 8.42 Å². The summed E-state index contributed by atoms with van der Waals surface area (Å²) in [7, 11) is -1.19. The molecule has 0 amide bonds. The average molecular weight is 437 g/mol. The van der Waals surface area contributed by atoms with Gasteiger partial charge in [0.05, 0.1) is 45.2 Å². The van der Waals surface area contributed by atoms with E-state index < -0.39 is 10.4 Å². The first kappa shape index (κ1) is 22.1. The Morgan fingerprint density at radius 1 is 1.14 bits per heavy atom. The van der Waals surface area contributed by atoms with Crippen LogP contribution in [0.4, 0.5) is 11.4 Å². The van der Waals surface area contributed by atoms with Gasteiger partial charge in [0.25, 0.3) is 0 Å². The van der Waals surface area contributed by atoms with Gasteiger partial charge in [0.15, 0.2) is 0 Å². The molecule has 29 heavy (non-hydrogen) atoms. The first-order valence-corrected chi connectivity index (χ1v) is 11.9. The van der Waals surface area contributed by atoms with Crippen LogP contribution in [0, 0.1) is 5.92 Å². The number of benzene rings is 2. The van der Waals surface area contributed by atoms with Crippen molar-refractivity contribution >= 4 is 33.5 Å². The molecule has 0 aliphatic carbocycles. The number of likely N-dealkylation sites (tertiary alicyclic amines) is 1. The second-order valence-electron chi connectivity index (χ2n) is 7.72. The van der Waals surface area contributed by atoms with Crippen LogP contribution >= 0.6 is 11.8 Å². The zero-order valence-corrected chi connectivity index (χ0v) is 18.7. The third kappa shape index (κ3) is 5.52. The molecule has 2 unspecified atom stereocenters. The van der Waals surface area contributed by atoms with Crippen molar-refractivity contribution in [1.29, 1.82) is 0 Å². The fraction of sp³-hybridized carbons (Fsp3) is 0.429. The summed E-state index contributed by atoms with van der Waals surface area (Å²) in [5.74, 6) is 0.782. The summed E-state index contributed by atoms with van der Waals surface area (Å²) in [5, 5.41) is 0. The van der Waals surface area contributed by atoms with E-state index in [4.69, 9.17) is 0 Å². The number of rotatable bonds is 4. The molecule has 2 heterocycles. The molecule has 0 N–H and O–H groups in total. The Hall–Kier alpha value is -1.58. The maximum atomic E-state index is 9.22. The number of hydrogen-bond acceptors (Lipinski definition) is 6. The zero-order valence-electron chi connectivity index (χ0n) is 17.1. The van der Waals surface area contributed by atoms with Crippen molar-refractivity contribution in [2.45, 2.75) is 23.1 Å². The Morgan fingerprint density at radius 2 is 1.66 bits per heavy atom. The summed E-state index contributed by atoms with van der Waals surface area (Å²) in [6.45, 7) is 7.35. The Balaban J connectivity index is 0.000000353. The highest BCUT2D eigenvalue weighted by atomic mass is 32.3. The van der Waals surface area contributed by atoms with Crippen LogP contribution in [0.5, 0.6) is 0 Å². The fourth-order valence-electron chi connectivity index (χ4n) is 3.97. The van der Waals surface area contributed by atoms with E-state index in [0.29, 0.717) is 0 Å². The summed E-state index contributed by atoms with van der Waals surface area (Å²) >= 11 is 1.90. The Morgan fingerprint density at radius 3 is 2.10 bits per heavy atom. The van der Waals surface area contributed by atoms with Crippen molar-refractivity contribution in [1.82, 2.24) is 0 Å². The van der Waals surface area contributed by atoms with Crippen LogP contribution in [0.3, 0.4) is 0 Å². The predicted molar refractivity (Wildman–Crippen MR) is 115 cm³/mol. The molecule has 6 nitrogen and oxygen atoms in total. The number of fused-ring (bicyclic) bond motifs is 2. The highest BCUT2D eigenvalue weighted by Gasteiger charge is 2.35. The van der Waals surface area contributed by atoms with E-state index in [9.17, 15) is 13.0 Å². The summed E-state index contributed by atoms with van der Waals surface area (Å²) in [4.78, 5) is 5.34. The molecule has 8 heteroatoms. The monoisotopic (exact) mass is 436 g/mol. The highest BCUT2D eigenvalue weighted by molar-refractivity contribution is 7.99. The molecule has 158 valence electrons. The van der Waals surface area contributed by atoms with Crippen molar-refractivity contribution in [3.8, 4) is 0 Å². The van der Waals surface area contributed by atoms with Gasteiger partial charge >= 0.3 is 0 Å². The average Bonchev–Trinajstić information content (AvgIpc) is 3.09. The van der Waals surface area contributed by atoms with Crippen LogP contribution < -0.4 is 4.90 Å². The first-order chi connectivity index (χ1) is 13.7. The predicted octanol–water partition coefficient (Wildman–Crippen LogP) is 3.87. The molecular weight excluding hydrogens is 408 g/mol. The van der Waals surface area contributed by atoms with Crippen LogP contribution in [0.25, 0.3) is 0 Å². The minimum Gasteiger partial charge on any atom is -0.726 e. The molecule has 2 aliphatic rings. The van der Waals surface area contributed by atoms with Crippen molar-refractivity contribution in [3.05, 3.63) is 48.5 Å². The SMILES string of the molecule is CC[N+]1(C)CCC(CN2c3ccccc3Sc3ccccc32)C1.COS(=O)(=O)[O-]. The van der Waals surface area contributed by atoms with Gasteiger partial charge in [-0.15, -0.1) is 0 Å². The molecular formula is C21H28N2O4S2. The van der Waals surface area contributed by atoms with Gasteiger partial charge in [0.2, 0.25) is 10.4 Å². The van der Waals surface area contributed by atoms with Gasteiger partial charge < -0.3 is 13.9 Å². The van der Waals surface area contributed by atoms with Gasteiger partial charge in [-0.05, 0) is 31.2 Å². The number of quaternary nitrogens is 1. The molecule has 1 saturated heterocycles. The molecule has 1 fully saturated rings.